The molecule has 3 heteroatoms. The molecule has 0 amide bonds. The second-order valence-corrected chi connectivity index (χ2v) is 3.69. The van der Waals surface area contributed by atoms with E-state index in [0.29, 0.717) is 0 Å². The molecule has 0 bridgehead atoms. The molecule has 1 N–H and O–H groups in total. The molecule has 2 heterocycles. The average molecular weight is 198 g/mol. The van der Waals surface area contributed by atoms with E-state index in [-0.39, 0.29) is 5.56 Å². The van der Waals surface area contributed by atoms with Gasteiger partial charge in [-0.25, -0.2) is 0 Å². The summed E-state index contributed by atoms with van der Waals surface area (Å²) < 4.78 is 1.93. The third-order valence-electron chi connectivity index (χ3n) is 2.71. The lowest BCUT2D eigenvalue weighted by atomic mass is 10.3. The standard InChI is InChI=1S/C12H10N2O/c1-8-6-7-14-10-5-3-2-4-9(10)13-12(15)11(8)14/h2-7H,1H3,(H,13,15). The minimum absolute atomic E-state index is 0.0313. The van der Waals surface area contributed by atoms with Gasteiger partial charge in [-0.2, -0.15) is 0 Å². The number of H-pyrrole nitrogens is 1. The third kappa shape index (κ3) is 1.03. The van der Waals surface area contributed by atoms with Gasteiger partial charge in [-0.05, 0) is 30.7 Å². The van der Waals surface area contributed by atoms with Crippen LogP contribution in [-0.4, -0.2) is 9.38 Å². The van der Waals surface area contributed by atoms with Crippen molar-refractivity contribution >= 4 is 16.6 Å². The lowest BCUT2D eigenvalue weighted by molar-refractivity contribution is 1.18. The van der Waals surface area contributed by atoms with Crippen molar-refractivity contribution in [3.8, 4) is 0 Å². The molecule has 3 rings (SSSR count). The number of aromatic nitrogens is 2. The first-order valence-corrected chi connectivity index (χ1v) is 4.86. The second kappa shape index (κ2) is 2.73. The van der Waals surface area contributed by atoms with E-state index in [1.807, 2.05) is 47.9 Å². The molecule has 0 unspecified atom stereocenters. The first-order valence-electron chi connectivity index (χ1n) is 4.86. The first-order chi connectivity index (χ1) is 7.27. The molecular formula is C12H10N2O. The van der Waals surface area contributed by atoms with Crippen molar-refractivity contribution in [3.05, 3.63) is 52.4 Å². The number of aromatic amines is 1. The monoisotopic (exact) mass is 198 g/mol. The summed E-state index contributed by atoms with van der Waals surface area (Å²) in [6.07, 6.45) is 1.93. The Labute approximate surface area is 86.0 Å². The van der Waals surface area contributed by atoms with Crippen molar-refractivity contribution in [2.75, 3.05) is 0 Å². The number of rotatable bonds is 0. The molecule has 0 saturated carbocycles. The molecule has 3 nitrogen and oxygen atoms in total. The summed E-state index contributed by atoms with van der Waals surface area (Å²) >= 11 is 0. The molecule has 74 valence electrons. The summed E-state index contributed by atoms with van der Waals surface area (Å²) in [4.78, 5) is 14.7. The fourth-order valence-electron chi connectivity index (χ4n) is 1.99. The zero-order valence-electron chi connectivity index (χ0n) is 8.32. The van der Waals surface area contributed by atoms with Crippen LogP contribution in [0.4, 0.5) is 0 Å². The first kappa shape index (κ1) is 8.29. The zero-order chi connectivity index (χ0) is 10.4. The molecule has 3 aromatic rings. The lowest BCUT2D eigenvalue weighted by Crippen LogP contribution is -2.10. The van der Waals surface area contributed by atoms with Gasteiger partial charge in [0.25, 0.3) is 5.56 Å². The largest absolute Gasteiger partial charge is 0.319 e. The van der Waals surface area contributed by atoms with Gasteiger partial charge in [-0.15, -0.1) is 0 Å². The van der Waals surface area contributed by atoms with Crippen LogP contribution >= 0.6 is 0 Å². The number of aryl methyl sites for hydroxylation is 1. The second-order valence-electron chi connectivity index (χ2n) is 3.69. The van der Waals surface area contributed by atoms with Crippen molar-refractivity contribution < 1.29 is 0 Å². The molecule has 0 aliphatic rings. The minimum atomic E-state index is -0.0313. The molecule has 0 aliphatic heterocycles. The summed E-state index contributed by atoms with van der Waals surface area (Å²) in [5.74, 6) is 0. The Morgan fingerprint density at radius 1 is 1.20 bits per heavy atom. The summed E-state index contributed by atoms with van der Waals surface area (Å²) in [6, 6.07) is 9.75. The number of benzene rings is 1. The number of hydrogen-bond acceptors (Lipinski definition) is 1. The van der Waals surface area contributed by atoms with E-state index in [1.54, 1.807) is 0 Å². The van der Waals surface area contributed by atoms with E-state index >= 15 is 0 Å². The number of hydrogen-bond donors (Lipinski definition) is 1. The van der Waals surface area contributed by atoms with Gasteiger partial charge in [0.2, 0.25) is 0 Å². The average Bonchev–Trinajstić information content (AvgIpc) is 2.62. The van der Waals surface area contributed by atoms with Crippen LogP contribution in [0, 0.1) is 6.92 Å². The van der Waals surface area contributed by atoms with Gasteiger partial charge in [-0.1, -0.05) is 12.1 Å². The summed E-state index contributed by atoms with van der Waals surface area (Å²) in [6.45, 7) is 1.94. The predicted octanol–water partition coefficient (Wildman–Crippen LogP) is 2.09. The Kier molecular flexibility index (Phi) is 1.51. The molecular weight excluding hydrogens is 188 g/mol. The summed E-state index contributed by atoms with van der Waals surface area (Å²) in [7, 11) is 0. The van der Waals surface area contributed by atoms with Gasteiger partial charge in [0, 0.05) is 6.20 Å². The Morgan fingerprint density at radius 2 is 2.00 bits per heavy atom. The van der Waals surface area contributed by atoms with Crippen LogP contribution in [0.25, 0.3) is 16.6 Å². The van der Waals surface area contributed by atoms with Crippen molar-refractivity contribution in [2.45, 2.75) is 6.92 Å². The smallest absolute Gasteiger partial charge is 0.272 e. The minimum Gasteiger partial charge on any atom is -0.319 e. The highest BCUT2D eigenvalue weighted by Crippen LogP contribution is 2.14. The van der Waals surface area contributed by atoms with E-state index < -0.39 is 0 Å². The van der Waals surface area contributed by atoms with Crippen LogP contribution < -0.4 is 5.56 Å². The van der Waals surface area contributed by atoms with Crippen LogP contribution in [0.1, 0.15) is 5.56 Å². The number of nitrogens with one attached hydrogen (secondary N) is 1. The maximum absolute atomic E-state index is 11.8. The highest BCUT2D eigenvalue weighted by Gasteiger charge is 2.05. The molecule has 0 radical (unpaired) electrons. The Hall–Kier alpha value is -2.03. The molecule has 15 heavy (non-hydrogen) atoms. The van der Waals surface area contributed by atoms with Crippen LogP contribution in [0.2, 0.25) is 0 Å². The number of fused-ring (bicyclic) bond motifs is 3. The Balaban J connectivity index is 2.71. The van der Waals surface area contributed by atoms with Crippen LogP contribution in [0.5, 0.6) is 0 Å². The van der Waals surface area contributed by atoms with E-state index in [4.69, 9.17) is 0 Å². The SMILES string of the molecule is Cc1ccn2c1c(=O)[nH]c1ccccc12. The highest BCUT2D eigenvalue weighted by atomic mass is 16.1. The van der Waals surface area contributed by atoms with Gasteiger partial charge >= 0.3 is 0 Å². The van der Waals surface area contributed by atoms with Crippen LogP contribution in [-0.2, 0) is 0 Å². The predicted molar refractivity (Wildman–Crippen MR) is 60.3 cm³/mol. The Morgan fingerprint density at radius 3 is 2.87 bits per heavy atom. The van der Waals surface area contributed by atoms with E-state index in [2.05, 4.69) is 4.98 Å². The van der Waals surface area contributed by atoms with Crippen LogP contribution in [0.3, 0.4) is 0 Å². The number of para-hydroxylation sites is 2. The van der Waals surface area contributed by atoms with Gasteiger partial charge in [-0.3, -0.25) is 4.79 Å². The van der Waals surface area contributed by atoms with Gasteiger partial charge in [0.05, 0.1) is 11.0 Å². The fraction of sp³-hybridized carbons (Fsp3) is 0.0833. The lowest BCUT2D eigenvalue weighted by Gasteiger charge is -2.02. The summed E-state index contributed by atoms with van der Waals surface area (Å²) in [5.41, 5.74) is 3.60. The van der Waals surface area contributed by atoms with Gasteiger partial charge in [0.1, 0.15) is 5.52 Å². The van der Waals surface area contributed by atoms with E-state index in [1.165, 1.54) is 0 Å². The van der Waals surface area contributed by atoms with Gasteiger partial charge in [0.15, 0.2) is 0 Å². The molecule has 0 spiro atoms. The van der Waals surface area contributed by atoms with Crippen molar-refractivity contribution in [1.29, 1.82) is 0 Å². The molecule has 2 aromatic heterocycles. The molecule has 0 fully saturated rings. The van der Waals surface area contributed by atoms with Crippen molar-refractivity contribution in [2.24, 2.45) is 0 Å². The quantitative estimate of drug-likeness (QED) is 0.590. The van der Waals surface area contributed by atoms with Crippen LogP contribution in [0.15, 0.2) is 41.3 Å². The third-order valence-corrected chi connectivity index (χ3v) is 2.71. The van der Waals surface area contributed by atoms with E-state index in [9.17, 15) is 4.79 Å². The summed E-state index contributed by atoms with van der Waals surface area (Å²) in [5, 5.41) is 0. The highest BCUT2D eigenvalue weighted by molar-refractivity contribution is 5.78. The van der Waals surface area contributed by atoms with Crippen molar-refractivity contribution in [1.82, 2.24) is 9.38 Å². The normalized spacial score (nSPS) is 11.3. The maximum Gasteiger partial charge on any atom is 0.272 e. The van der Waals surface area contributed by atoms with E-state index in [0.717, 1.165) is 22.1 Å². The topological polar surface area (TPSA) is 37.3 Å². The molecule has 0 atom stereocenters. The molecule has 0 aliphatic carbocycles. The van der Waals surface area contributed by atoms with Gasteiger partial charge < -0.3 is 9.38 Å². The maximum atomic E-state index is 11.8. The fourth-order valence-corrected chi connectivity index (χ4v) is 1.99. The Bertz CT molecular complexity index is 706. The number of nitrogens with zero attached hydrogens (tertiary/aromatic N) is 1. The van der Waals surface area contributed by atoms with Crippen molar-refractivity contribution in [3.63, 3.8) is 0 Å². The molecule has 0 saturated heterocycles. The molecule has 1 aromatic carbocycles. The zero-order valence-corrected chi connectivity index (χ0v) is 8.32.